The normalized spacial score (nSPS) is 11.9. The molecule has 2 heterocycles. The zero-order valence-electron chi connectivity index (χ0n) is 10.4. The van der Waals surface area contributed by atoms with Gasteiger partial charge in [-0.05, 0) is 24.0 Å². The molecule has 0 spiro atoms. The van der Waals surface area contributed by atoms with Gasteiger partial charge in [-0.25, -0.2) is 0 Å². The Morgan fingerprint density at radius 2 is 1.88 bits per heavy atom. The molecule has 0 aliphatic carbocycles. The average molecular weight is 217 g/mol. The number of nitrogens with zero attached hydrogens (tertiary/aromatic N) is 3. The Kier molecular flexibility index (Phi) is 2.95. The summed E-state index contributed by atoms with van der Waals surface area (Å²) in [5, 5.41) is 8.40. The van der Waals surface area contributed by atoms with Gasteiger partial charge in [-0.3, -0.25) is 4.40 Å². The minimum absolute atomic E-state index is 0.407. The molecule has 86 valence electrons. The van der Waals surface area contributed by atoms with Crippen LogP contribution in [0.1, 0.15) is 45.0 Å². The van der Waals surface area contributed by atoms with Crippen molar-refractivity contribution >= 4 is 5.65 Å². The van der Waals surface area contributed by atoms with Crippen molar-refractivity contribution in [2.24, 2.45) is 5.92 Å². The molecule has 0 N–H and O–H groups in total. The van der Waals surface area contributed by atoms with E-state index in [1.165, 1.54) is 5.56 Å². The SMILES string of the molecule is CC(C)Cc1ccc2nnc(C(C)C)n2c1. The third kappa shape index (κ3) is 2.08. The molecule has 3 heteroatoms. The first-order valence-electron chi connectivity index (χ1n) is 5.91. The first-order valence-corrected chi connectivity index (χ1v) is 5.91. The van der Waals surface area contributed by atoms with Crippen molar-refractivity contribution in [3.05, 3.63) is 29.7 Å². The molecule has 2 rings (SSSR count). The Morgan fingerprint density at radius 3 is 2.50 bits per heavy atom. The van der Waals surface area contributed by atoms with E-state index in [4.69, 9.17) is 0 Å². The van der Waals surface area contributed by atoms with Gasteiger partial charge in [-0.2, -0.15) is 0 Å². The van der Waals surface area contributed by atoms with Crippen molar-refractivity contribution in [1.29, 1.82) is 0 Å². The fraction of sp³-hybridized carbons (Fsp3) is 0.538. The summed E-state index contributed by atoms with van der Waals surface area (Å²) >= 11 is 0. The zero-order chi connectivity index (χ0) is 11.7. The second-order valence-corrected chi connectivity index (χ2v) is 5.08. The fourth-order valence-corrected chi connectivity index (χ4v) is 1.94. The number of hydrogen-bond donors (Lipinski definition) is 0. The van der Waals surface area contributed by atoms with Gasteiger partial charge in [-0.1, -0.05) is 33.8 Å². The summed E-state index contributed by atoms with van der Waals surface area (Å²) < 4.78 is 2.11. The van der Waals surface area contributed by atoms with E-state index < -0.39 is 0 Å². The number of fused-ring (bicyclic) bond motifs is 1. The van der Waals surface area contributed by atoms with Gasteiger partial charge in [0.15, 0.2) is 5.65 Å². The molecular formula is C13H19N3. The van der Waals surface area contributed by atoms with Gasteiger partial charge in [0.2, 0.25) is 0 Å². The van der Waals surface area contributed by atoms with Gasteiger partial charge in [0, 0.05) is 12.1 Å². The second kappa shape index (κ2) is 4.24. The third-order valence-corrected chi connectivity index (χ3v) is 2.65. The van der Waals surface area contributed by atoms with Gasteiger partial charge in [-0.15, -0.1) is 10.2 Å². The van der Waals surface area contributed by atoms with E-state index in [-0.39, 0.29) is 0 Å². The average Bonchev–Trinajstić information content (AvgIpc) is 2.59. The van der Waals surface area contributed by atoms with Crippen LogP contribution in [0.4, 0.5) is 0 Å². The summed E-state index contributed by atoms with van der Waals surface area (Å²) in [4.78, 5) is 0. The highest BCUT2D eigenvalue weighted by Gasteiger charge is 2.09. The van der Waals surface area contributed by atoms with Crippen LogP contribution in [0, 0.1) is 5.92 Å². The molecule has 2 aromatic heterocycles. The quantitative estimate of drug-likeness (QED) is 0.791. The highest BCUT2D eigenvalue weighted by Crippen LogP contribution is 2.16. The molecule has 2 aromatic rings. The molecule has 0 saturated heterocycles. The van der Waals surface area contributed by atoms with Crippen molar-refractivity contribution in [2.45, 2.75) is 40.0 Å². The molecule has 0 atom stereocenters. The van der Waals surface area contributed by atoms with Crippen LogP contribution < -0.4 is 0 Å². The van der Waals surface area contributed by atoms with Crippen molar-refractivity contribution in [2.75, 3.05) is 0 Å². The molecule has 0 aromatic carbocycles. The zero-order valence-corrected chi connectivity index (χ0v) is 10.4. The number of pyridine rings is 1. The van der Waals surface area contributed by atoms with Gasteiger partial charge >= 0.3 is 0 Å². The van der Waals surface area contributed by atoms with Gasteiger partial charge in [0.05, 0.1) is 0 Å². The van der Waals surface area contributed by atoms with Gasteiger partial charge in [0.1, 0.15) is 5.82 Å². The van der Waals surface area contributed by atoms with Crippen LogP contribution in [0.25, 0.3) is 5.65 Å². The lowest BCUT2D eigenvalue weighted by atomic mass is 10.0. The summed E-state index contributed by atoms with van der Waals surface area (Å²) in [6.07, 6.45) is 3.27. The summed E-state index contributed by atoms with van der Waals surface area (Å²) in [5.41, 5.74) is 2.29. The molecule has 16 heavy (non-hydrogen) atoms. The minimum Gasteiger partial charge on any atom is -0.286 e. The van der Waals surface area contributed by atoms with Gasteiger partial charge < -0.3 is 0 Å². The smallest absolute Gasteiger partial charge is 0.160 e. The van der Waals surface area contributed by atoms with Crippen LogP contribution in [0.15, 0.2) is 18.3 Å². The summed E-state index contributed by atoms with van der Waals surface area (Å²) in [6, 6.07) is 4.20. The van der Waals surface area contributed by atoms with E-state index in [2.05, 4.69) is 60.6 Å². The van der Waals surface area contributed by atoms with Crippen molar-refractivity contribution in [3.8, 4) is 0 Å². The fourth-order valence-electron chi connectivity index (χ4n) is 1.94. The number of rotatable bonds is 3. The molecule has 3 nitrogen and oxygen atoms in total. The third-order valence-electron chi connectivity index (χ3n) is 2.65. The summed E-state index contributed by atoms with van der Waals surface area (Å²) in [7, 11) is 0. The Labute approximate surface area is 96.5 Å². The molecule has 0 aliphatic heterocycles. The summed E-state index contributed by atoms with van der Waals surface area (Å²) in [6.45, 7) is 8.76. The van der Waals surface area contributed by atoms with Crippen LogP contribution in [-0.2, 0) is 6.42 Å². The Balaban J connectivity index is 2.46. The summed E-state index contributed by atoms with van der Waals surface area (Å²) in [5.74, 6) is 2.13. The molecule has 0 fully saturated rings. The highest BCUT2D eigenvalue weighted by molar-refractivity contribution is 5.40. The maximum absolute atomic E-state index is 4.23. The maximum atomic E-state index is 4.23. The van der Waals surface area contributed by atoms with Crippen LogP contribution >= 0.6 is 0 Å². The molecule has 0 unspecified atom stereocenters. The largest absolute Gasteiger partial charge is 0.286 e. The predicted octanol–water partition coefficient (Wildman–Crippen LogP) is 3.05. The first kappa shape index (κ1) is 11.1. The van der Waals surface area contributed by atoms with Crippen LogP contribution in [-0.4, -0.2) is 14.6 Å². The van der Waals surface area contributed by atoms with E-state index in [0.29, 0.717) is 11.8 Å². The standard InChI is InChI=1S/C13H19N3/c1-9(2)7-11-5-6-12-14-15-13(10(3)4)16(12)8-11/h5-6,8-10H,7H2,1-4H3. The van der Waals surface area contributed by atoms with E-state index in [9.17, 15) is 0 Å². The molecule has 0 saturated carbocycles. The maximum Gasteiger partial charge on any atom is 0.160 e. The van der Waals surface area contributed by atoms with Crippen molar-refractivity contribution < 1.29 is 0 Å². The van der Waals surface area contributed by atoms with Crippen molar-refractivity contribution in [3.63, 3.8) is 0 Å². The van der Waals surface area contributed by atoms with Crippen LogP contribution in [0.2, 0.25) is 0 Å². The number of aromatic nitrogens is 3. The van der Waals surface area contributed by atoms with Crippen LogP contribution in [0.3, 0.4) is 0 Å². The van der Waals surface area contributed by atoms with E-state index in [1.807, 2.05) is 0 Å². The predicted molar refractivity (Wildman–Crippen MR) is 65.6 cm³/mol. The van der Waals surface area contributed by atoms with Crippen molar-refractivity contribution in [1.82, 2.24) is 14.6 Å². The molecular weight excluding hydrogens is 198 g/mol. The van der Waals surface area contributed by atoms with Gasteiger partial charge in [0.25, 0.3) is 0 Å². The highest BCUT2D eigenvalue weighted by atomic mass is 15.2. The Hall–Kier alpha value is -1.38. The molecule has 0 radical (unpaired) electrons. The monoisotopic (exact) mass is 217 g/mol. The van der Waals surface area contributed by atoms with E-state index >= 15 is 0 Å². The number of hydrogen-bond acceptors (Lipinski definition) is 2. The lowest BCUT2D eigenvalue weighted by Gasteiger charge is -2.07. The second-order valence-electron chi connectivity index (χ2n) is 5.08. The molecule has 0 bridgehead atoms. The van der Waals surface area contributed by atoms with Crippen LogP contribution in [0.5, 0.6) is 0 Å². The Morgan fingerprint density at radius 1 is 1.12 bits per heavy atom. The first-order chi connectivity index (χ1) is 7.58. The van der Waals surface area contributed by atoms with E-state index in [1.54, 1.807) is 0 Å². The lowest BCUT2D eigenvalue weighted by Crippen LogP contribution is -2.00. The topological polar surface area (TPSA) is 30.2 Å². The Bertz CT molecular complexity index is 483. The minimum atomic E-state index is 0.407. The molecule has 0 amide bonds. The molecule has 0 aliphatic rings. The van der Waals surface area contributed by atoms with E-state index in [0.717, 1.165) is 17.9 Å². The lowest BCUT2D eigenvalue weighted by molar-refractivity contribution is 0.643.